The summed E-state index contributed by atoms with van der Waals surface area (Å²) in [7, 11) is 0. The van der Waals surface area contributed by atoms with Gasteiger partial charge in [-0.05, 0) is 25.2 Å². The molecule has 0 aliphatic rings. The van der Waals surface area contributed by atoms with E-state index in [0.717, 1.165) is 6.42 Å². The molecule has 0 saturated heterocycles. The molecule has 2 atom stereocenters. The number of rotatable bonds is 34. The lowest BCUT2D eigenvalue weighted by molar-refractivity contribution is 0.307. The van der Waals surface area contributed by atoms with Gasteiger partial charge in [0.1, 0.15) is 0 Å². The summed E-state index contributed by atoms with van der Waals surface area (Å²) in [6, 6.07) is 0. The lowest BCUT2D eigenvalue weighted by Gasteiger charge is -2.23. The van der Waals surface area contributed by atoms with Crippen LogP contribution in [0.5, 0.6) is 0 Å². The van der Waals surface area contributed by atoms with Gasteiger partial charge in [0.15, 0.2) is 0 Å². The van der Waals surface area contributed by atoms with E-state index in [0.29, 0.717) is 5.92 Å². The highest BCUT2D eigenvalue weighted by molar-refractivity contribution is 5.54. The molecule has 0 fully saturated rings. The Morgan fingerprint density at radius 3 is 0.821 bits per heavy atom. The molecule has 0 saturated carbocycles. The second-order valence-corrected chi connectivity index (χ2v) is 13.0. The maximum atomic E-state index is 12.0. The van der Waals surface area contributed by atoms with Crippen molar-refractivity contribution in [2.75, 3.05) is 0 Å². The molecule has 0 heterocycles. The second kappa shape index (κ2) is 33.9. The Bertz CT molecular complexity index is 444. The predicted molar refractivity (Wildman–Crippen MR) is 177 cm³/mol. The van der Waals surface area contributed by atoms with E-state index in [1.165, 1.54) is 199 Å². The van der Waals surface area contributed by atoms with Gasteiger partial charge in [-0.15, -0.1) is 0 Å². The summed E-state index contributed by atoms with van der Waals surface area (Å²) >= 11 is 0. The Hall–Kier alpha value is -0.330. The molecule has 39 heavy (non-hydrogen) atoms. The average Bonchev–Trinajstić information content (AvgIpc) is 2.95. The van der Waals surface area contributed by atoms with Crippen molar-refractivity contribution in [2.24, 2.45) is 11.8 Å². The van der Waals surface area contributed by atoms with Crippen LogP contribution >= 0.6 is 0 Å². The van der Waals surface area contributed by atoms with Crippen molar-refractivity contribution in [3.05, 3.63) is 0 Å². The van der Waals surface area contributed by atoms with Crippen LogP contribution in [-0.4, -0.2) is 6.29 Å². The van der Waals surface area contributed by atoms with Crippen molar-refractivity contribution in [3.8, 4) is 0 Å². The van der Waals surface area contributed by atoms with Crippen molar-refractivity contribution in [1.82, 2.24) is 0 Å². The molecule has 0 rings (SSSR count). The van der Waals surface area contributed by atoms with E-state index in [1.54, 1.807) is 0 Å². The highest BCUT2D eigenvalue weighted by Crippen LogP contribution is 2.29. The van der Waals surface area contributed by atoms with Crippen molar-refractivity contribution in [3.63, 3.8) is 0 Å². The molecular formula is C38H75O. The van der Waals surface area contributed by atoms with Crippen LogP contribution in [0.3, 0.4) is 0 Å². The molecule has 0 bridgehead atoms. The van der Waals surface area contributed by atoms with E-state index in [9.17, 15) is 4.79 Å². The first kappa shape index (κ1) is 38.7. The van der Waals surface area contributed by atoms with Gasteiger partial charge in [0, 0.05) is 5.92 Å². The summed E-state index contributed by atoms with van der Waals surface area (Å²) in [5.41, 5.74) is 0. The number of unbranched alkanes of at least 4 members (excludes halogenated alkanes) is 26. The topological polar surface area (TPSA) is 17.1 Å². The molecule has 0 aliphatic carbocycles. The van der Waals surface area contributed by atoms with Gasteiger partial charge in [-0.25, -0.2) is 0 Å². The van der Waals surface area contributed by atoms with Gasteiger partial charge in [0.2, 0.25) is 6.29 Å². The molecule has 233 valence electrons. The average molecular weight is 548 g/mol. The molecule has 1 heteroatoms. The third kappa shape index (κ3) is 29.0. The summed E-state index contributed by atoms with van der Waals surface area (Å²) in [6.45, 7) is 6.89. The minimum Gasteiger partial charge on any atom is -0.291 e. The van der Waals surface area contributed by atoms with Gasteiger partial charge >= 0.3 is 0 Å². The van der Waals surface area contributed by atoms with E-state index >= 15 is 0 Å². The minimum atomic E-state index is 0.201. The van der Waals surface area contributed by atoms with Crippen molar-refractivity contribution >= 4 is 6.29 Å². The molecule has 0 spiro atoms. The van der Waals surface area contributed by atoms with Gasteiger partial charge in [-0.1, -0.05) is 207 Å². The Kier molecular flexibility index (Phi) is 33.6. The highest BCUT2D eigenvalue weighted by atomic mass is 16.1. The fraction of sp³-hybridized carbons (Fsp3) is 0.974. The highest BCUT2D eigenvalue weighted by Gasteiger charge is 2.21. The van der Waals surface area contributed by atoms with Gasteiger partial charge < -0.3 is 0 Å². The molecular weight excluding hydrogens is 472 g/mol. The Labute approximate surface area is 248 Å². The van der Waals surface area contributed by atoms with Crippen molar-refractivity contribution < 1.29 is 4.79 Å². The van der Waals surface area contributed by atoms with Crippen LogP contribution in [0.1, 0.15) is 226 Å². The lowest BCUT2D eigenvalue weighted by atomic mass is 9.81. The molecule has 1 nitrogen and oxygen atoms in total. The van der Waals surface area contributed by atoms with Crippen LogP contribution in [0.15, 0.2) is 0 Å². The van der Waals surface area contributed by atoms with E-state index in [2.05, 4.69) is 27.1 Å². The predicted octanol–water partition coefficient (Wildman–Crippen LogP) is 13.9. The number of hydrogen-bond donors (Lipinski definition) is 0. The molecule has 0 N–H and O–H groups in total. The molecule has 1 radical (unpaired) electrons. The number of carbonyl (C=O) groups excluding carboxylic acids is 1. The summed E-state index contributed by atoms with van der Waals surface area (Å²) in [5.74, 6) is 0.798. The fourth-order valence-electron chi connectivity index (χ4n) is 6.40. The monoisotopic (exact) mass is 548 g/mol. The smallest absolute Gasteiger partial charge is 0.202 e. The molecule has 2 unspecified atom stereocenters. The lowest BCUT2D eigenvalue weighted by Crippen LogP contribution is -2.17. The molecule has 0 aromatic carbocycles. The molecule has 0 aromatic heterocycles. The first-order valence-corrected chi connectivity index (χ1v) is 18.7. The van der Waals surface area contributed by atoms with Crippen LogP contribution in [0.2, 0.25) is 0 Å². The van der Waals surface area contributed by atoms with Crippen LogP contribution in [-0.2, 0) is 4.79 Å². The van der Waals surface area contributed by atoms with Crippen LogP contribution in [0.4, 0.5) is 0 Å². The largest absolute Gasteiger partial charge is 0.291 e. The van der Waals surface area contributed by atoms with E-state index in [1.807, 2.05) is 0 Å². The quantitative estimate of drug-likeness (QED) is 0.0732. The molecule has 0 aromatic rings. The Balaban J connectivity index is 4.04. The van der Waals surface area contributed by atoms with E-state index in [4.69, 9.17) is 0 Å². The van der Waals surface area contributed by atoms with Gasteiger partial charge in [0.05, 0.1) is 0 Å². The van der Waals surface area contributed by atoms with Gasteiger partial charge in [-0.3, -0.25) is 4.79 Å². The van der Waals surface area contributed by atoms with Crippen LogP contribution in [0, 0.1) is 11.8 Å². The normalized spacial score (nSPS) is 13.1. The van der Waals surface area contributed by atoms with Crippen LogP contribution < -0.4 is 0 Å². The first-order valence-electron chi connectivity index (χ1n) is 18.7. The van der Waals surface area contributed by atoms with Gasteiger partial charge in [0.25, 0.3) is 0 Å². The standard InChI is InChI=1S/C38H75O/c1-4-7-10-13-16-18-19-20-21-22-24-26-29-32-35-38(36-39)37(33-30-27-15-12-9-6-3)34-31-28-25-23-17-14-11-8-5-2/h37-38H,4-35H2,1-3H3. The third-order valence-electron chi connectivity index (χ3n) is 9.20. The summed E-state index contributed by atoms with van der Waals surface area (Å²) in [6.07, 6.45) is 46.5. The number of hydrogen-bond acceptors (Lipinski definition) is 1. The second-order valence-electron chi connectivity index (χ2n) is 13.0. The third-order valence-corrected chi connectivity index (χ3v) is 9.20. The Morgan fingerprint density at radius 1 is 0.333 bits per heavy atom. The minimum absolute atomic E-state index is 0.201. The summed E-state index contributed by atoms with van der Waals surface area (Å²) < 4.78 is 0. The summed E-state index contributed by atoms with van der Waals surface area (Å²) in [5, 5.41) is 0. The Morgan fingerprint density at radius 2 is 0.564 bits per heavy atom. The molecule has 0 aliphatic heterocycles. The zero-order valence-electron chi connectivity index (χ0n) is 27.7. The van der Waals surface area contributed by atoms with Crippen LogP contribution in [0.25, 0.3) is 0 Å². The van der Waals surface area contributed by atoms with Crippen molar-refractivity contribution in [2.45, 2.75) is 226 Å². The van der Waals surface area contributed by atoms with E-state index < -0.39 is 0 Å². The van der Waals surface area contributed by atoms with Gasteiger partial charge in [-0.2, -0.15) is 0 Å². The molecule has 0 amide bonds. The fourth-order valence-corrected chi connectivity index (χ4v) is 6.40. The van der Waals surface area contributed by atoms with E-state index in [-0.39, 0.29) is 5.92 Å². The maximum Gasteiger partial charge on any atom is 0.202 e. The SMILES string of the molecule is CCCCCCCCCCCCCCCCC([C]=O)C(CCCCCCCC)CCCCCCCCCCC. The zero-order chi connectivity index (χ0) is 28.5. The first-order chi connectivity index (χ1) is 19.3. The summed E-state index contributed by atoms with van der Waals surface area (Å²) in [4.78, 5) is 12.0. The maximum absolute atomic E-state index is 12.0. The zero-order valence-corrected chi connectivity index (χ0v) is 27.7. The van der Waals surface area contributed by atoms with Crippen molar-refractivity contribution in [1.29, 1.82) is 0 Å².